The molecule has 0 aliphatic carbocycles. The van der Waals surface area contributed by atoms with Crippen LogP contribution in [0.25, 0.3) is 5.76 Å². The van der Waals surface area contributed by atoms with E-state index in [1.54, 1.807) is 42.5 Å². The predicted molar refractivity (Wildman–Crippen MR) is 122 cm³/mol. The van der Waals surface area contributed by atoms with Gasteiger partial charge in [-0.3, -0.25) is 9.59 Å². The molecule has 1 N–H and O–H groups in total. The largest absolute Gasteiger partial charge is 0.507 e. The molecule has 1 aliphatic rings. The van der Waals surface area contributed by atoms with Gasteiger partial charge in [-0.1, -0.05) is 35.3 Å². The van der Waals surface area contributed by atoms with Crippen molar-refractivity contribution in [3.05, 3.63) is 91.6 Å². The molecule has 0 spiro atoms. The molecule has 1 aliphatic heterocycles. The van der Waals surface area contributed by atoms with E-state index in [1.165, 1.54) is 23.3 Å². The lowest BCUT2D eigenvalue weighted by atomic mass is 9.95. The topological polar surface area (TPSA) is 66.8 Å². The minimum Gasteiger partial charge on any atom is -0.507 e. The molecule has 158 valence electrons. The van der Waals surface area contributed by atoms with Crippen molar-refractivity contribution in [2.24, 2.45) is 0 Å². The van der Waals surface area contributed by atoms with E-state index in [2.05, 4.69) is 0 Å². The smallest absolute Gasteiger partial charge is 0.295 e. The number of carbonyl (C=O) groups is 2. The lowest BCUT2D eigenvalue weighted by molar-refractivity contribution is -0.140. The first-order chi connectivity index (χ1) is 14.9. The van der Waals surface area contributed by atoms with Gasteiger partial charge < -0.3 is 14.7 Å². The Hall–Kier alpha value is -2.80. The molecule has 2 heterocycles. The van der Waals surface area contributed by atoms with Crippen molar-refractivity contribution in [2.45, 2.75) is 12.6 Å². The van der Waals surface area contributed by atoms with Gasteiger partial charge in [-0.05, 0) is 53.4 Å². The van der Waals surface area contributed by atoms with Gasteiger partial charge in [0.05, 0.1) is 30.3 Å². The van der Waals surface area contributed by atoms with Crippen molar-refractivity contribution in [1.82, 2.24) is 4.90 Å². The van der Waals surface area contributed by atoms with E-state index in [9.17, 15) is 14.7 Å². The Bertz CT molecular complexity index is 1170. The molecule has 31 heavy (non-hydrogen) atoms. The molecule has 0 bridgehead atoms. The van der Waals surface area contributed by atoms with Gasteiger partial charge in [-0.2, -0.15) is 0 Å². The lowest BCUT2D eigenvalue weighted by Crippen LogP contribution is -2.28. The highest BCUT2D eigenvalue weighted by Gasteiger charge is 2.46. The van der Waals surface area contributed by atoms with Crippen LogP contribution in [0.1, 0.15) is 22.0 Å². The molecule has 1 unspecified atom stereocenters. The van der Waals surface area contributed by atoms with Crippen molar-refractivity contribution in [1.29, 1.82) is 0 Å². The molecule has 0 radical (unpaired) electrons. The number of aliphatic hydroxyl groups excluding tert-OH is 1. The fourth-order valence-corrected chi connectivity index (χ4v) is 4.67. The average molecular weight is 474 g/mol. The third-order valence-electron chi connectivity index (χ3n) is 5.06. The molecule has 5 nitrogen and oxygen atoms in total. The number of halogens is 2. The number of thiophene rings is 1. The van der Waals surface area contributed by atoms with Crippen molar-refractivity contribution in [3.63, 3.8) is 0 Å². The van der Waals surface area contributed by atoms with Crippen LogP contribution in [-0.4, -0.2) is 28.8 Å². The highest BCUT2D eigenvalue weighted by Crippen LogP contribution is 2.42. The third-order valence-corrected chi connectivity index (χ3v) is 6.46. The summed E-state index contributed by atoms with van der Waals surface area (Å²) in [5.74, 6) is -1.22. The Kier molecular flexibility index (Phi) is 6.05. The van der Waals surface area contributed by atoms with Crippen molar-refractivity contribution >= 4 is 52.0 Å². The van der Waals surface area contributed by atoms with Gasteiger partial charge >= 0.3 is 0 Å². The SMILES string of the molecule is COc1ccc(C2/C(=C(\O)c3ccc(Cl)cc3)C(=O)C(=O)N2Cc2cccs2)cc1Cl. The first kappa shape index (κ1) is 21.4. The standard InChI is InChI=1S/C23H17Cl2NO4S/c1-30-18-9-6-14(11-17(18)25)20-19(21(27)13-4-7-15(24)8-5-13)22(28)23(29)26(20)12-16-3-2-10-31-16/h2-11,20,27H,12H2,1H3/b21-19+. The maximum Gasteiger partial charge on any atom is 0.295 e. The number of methoxy groups -OCH3 is 1. The number of Topliss-reactive ketones (excluding diaryl/α,β-unsaturated/α-hetero) is 1. The van der Waals surface area contributed by atoms with Gasteiger partial charge in [0.15, 0.2) is 0 Å². The van der Waals surface area contributed by atoms with Crippen molar-refractivity contribution in [3.8, 4) is 5.75 Å². The minimum atomic E-state index is -0.804. The van der Waals surface area contributed by atoms with E-state index in [4.69, 9.17) is 27.9 Å². The highest BCUT2D eigenvalue weighted by molar-refractivity contribution is 7.09. The summed E-state index contributed by atoms with van der Waals surface area (Å²) in [4.78, 5) is 28.4. The highest BCUT2D eigenvalue weighted by atomic mass is 35.5. The maximum absolute atomic E-state index is 13.0. The summed E-state index contributed by atoms with van der Waals surface area (Å²) >= 11 is 13.8. The molecule has 1 atom stereocenters. The monoisotopic (exact) mass is 473 g/mol. The Balaban J connectivity index is 1.88. The number of ether oxygens (including phenoxy) is 1. The summed E-state index contributed by atoms with van der Waals surface area (Å²) < 4.78 is 5.22. The second-order valence-electron chi connectivity index (χ2n) is 6.91. The van der Waals surface area contributed by atoms with Gasteiger partial charge in [0, 0.05) is 15.5 Å². The number of carbonyl (C=O) groups excluding carboxylic acids is 2. The number of nitrogens with zero attached hydrogens (tertiary/aromatic N) is 1. The van der Waals surface area contributed by atoms with E-state index in [1.807, 2.05) is 17.5 Å². The summed E-state index contributed by atoms with van der Waals surface area (Å²) in [6, 6.07) is 14.4. The lowest BCUT2D eigenvalue weighted by Gasteiger charge is -2.25. The van der Waals surface area contributed by atoms with Gasteiger partial charge in [0.1, 0.15) is 11.5 Å². The predicted octanol–water partition coefficient (Wildman–Crippen LogP) is 5.69. The number of likely N-dealkylation sites (tertiary alicyclic amines) is 1. The van der Waals surface area contributed by atoms with Crippen molar-refractivity contribution < 1.29 is 19.4 Å². The number of hydrogen-bond donors (Lipinski definition) is 1. The first-order valence-electron chi connectivity index (χ1n) is 9.31. The molecular weight excluding hydrogens is 457 g/mol. The molecule has 8 heteroatoms. The maximum atomic E-state index is 13.0. The molecule has 1 saturated heterocycles. The Morgan fingerprint density at radius 3 is 2.48 bits per heavy atom. The quantitative estimate of drug-likeness (QED) is 0.293. The molecule has 0 saturated carbocycles. The van der Waals surface area contributed by atoms with Gasteiger partial charge in [0.2, 0.25) is 0 Å². The van der Waals surface area contributed by atoms with Crippen LogP contribution in [0.5, 0.6) is 5.75 Å². The van der Waals surface area contributed by atoms with E-state index < -0.39 is 17.7 Å². The molecule has 2 aromatic carbocycles. The number of rotatable bonds is 5. The zero-order valence-electron chi connectivity index (χ0n) is 16.3. The number of hydrogen-bond acceptors (Lipinski definition) is 5. The number of amides is 1. The van der Waals surface area contributed by atoms with Crippen LogP contribution in [0.4, 0.5) is 0 Å². The fraction of sp³-hybridized carbons (Fsp3) is 0.130. The summed E-state index contributed by atoms with van der Waals surface area (Å²) in [6.07, 6.45) is 0. The van der Waals surface area contributed by atoms with Crippen molar-refractivity contribution in [2.75, 3.05) is 7.11 Å². The van der Waals surface area contributed by atoms with Crippen LogP contribution in [0, 0.1) is 0 Å². The summed E-state index contributed by atoms with van der Waals surface area (Å²) in [5, 5.41) is 13.8. The second-order valence-corrected chi connectivity index (χ2v) is 8.78. The zero-order valence-corrected chi connectivity index (χ0v) is 18.7. The molecule has 1 amide bonds. The van der Waals surface area contributed by atoms with Crippen LogP contribution < -0.4 is 4.74 Å². The molecule has 1 fully saturated rings. The van der Waals surface area contributed by atoms with Crippen LogP contribution in [0.2, 0.25) is 10.0 Å². The number of aliphatic hydroxyl groups is 1. The zero-order chi connectivity index (χ0) is 22.1. The van der Waals surface area contributed by atoms with Crippen LogP contribution >= 0.6 is 34.5 Å². The molecule has 4 rings (SSSR count). The van der Waals surface area contributed by atoms with Gasteiger partial charge in [-0.25, -0.2) is 0 Å². The molecule has 1 aromatic heterocycles. The van der Waals surface area contributed by atoms with Gasteiger partial charge in [-0.15, -0.1) is 11.3 Å². The van der Waals surface area contributed by atoms with Crippen LogP contribution in [0.15, 0.2) is 65.6 Å². The summed E-state index contributed by atoms with van der Waals surface area (Å²) in [7, 11) is 1.50. The van der Waals surface area contributed by atoms with Crippen LogP contribution in [-0.2, 0) is 16.1 Å². The Morgan fingerprint density at radius 1 is 1.13 bits per heavy atom. The van der Waals surface area contributed by atoms with Gasteiger partial charge in [0.25, 0.3) is 11.7 Å². The number of ketones is 1. The normalized spacial score (nSPS) is 17.9. The third kappa shape index (κ3) is 4.06. The molecular formula is C23H17Cl2NO4S. The minimum absolute atomic E-state index is 0.00473. The number of benzene rings is 2. The average Bonchev–Trinajstić information content (AvgIpc) is 3.36. The fourth-order valence-electron chi connectivity index (χ4n) is 3.58. The second kappa shape index (κ2) is 8.75. The summed E-state index contributed by atoms with van der Waals surface area (Å²) in [5.41, 5.74) is 0.991. The van der Waals surface area contributed by atoms with E-state index in [0.29, 0.717) is 26.9 Å². The summed E-state index contributed by atoms with van der Waals surface area (Å²) in [6.45, 7) is 0.230. The Labute approximate surface area is 193 Å². The van der Waals surface area contributed by atoms with E-state index >= 15 is 0 Å². The Morgan fingerprint density at radius 2 is 1.87 bits per heavy atom. The van der Waals surface area contributed by atoms with Crippen LogP contribution in [0.3, 0.4) is 0 Å². The molecule has 3 aromatic rings. The first-order valence-corrected chi connectivity index (χ1v) is 10.9. The van der Waals surface area contributed by atoms with E-state index in [0.717, 1.165) is 4.88 Å². The van der Waals surface area contributed by atoms with E-state index in [-0.39, 0.29) is 17.9 Å².